The van der Waals surface area contributed by atoms with E-state index in [2.05, 4.69) is 11.9 Å². The smallest absolute Gasteiger partial charge is 0.272 e. The summed E-state index contributed by atoms with van der Waals surface area (Å²) >= 11 is 6.88. The first kappa shape index (κ1) is 12.6. The van der Waals surface area contributed by atoms with Crippen molar-refractivity contribution in [3.05, 3.63) is 39.4 Å². The Balaban J connectivity index is 2.50. The SMILES string of the molecule is CCC(C)n1c(=S)[nH]c2c(sc3ccccc32)c1=O. The molecule has 3 rings (SSSR count). The monoisotopic (exact) mass is 290 g/mol. The van der Waals surface area contributed by atoms with Crippen LogP contribution in [0.25, 0.3) is 20.3 Å². The quantitative estimate of drug-likeness (QED) is 0.717. The van der Waals surface area contributed by atoms with Gasteiger partial charge < -0.3 is 4.98 Å². The first-order valence-electron chi connectivity index (χ1n) is 6.29. The molecule has 1 unspecified atom stereocenters. The third kappa shape index (κ3) is 1.84. The Hall–Kier alpha value is -1.46. The molecular formula is C14H14N2OS2. The molecule has 5 heteroatoms. The van der Waals surface area contributed by atoms with Crippen LogP contribution in [0.2, 0.25) is 0 Å². The third-order valence-electron chi connectivity index (χ3n) is 3.49. The van der Waals surface area contributed by atoms with Crippen LogP contribution in [0.4, 0.5) is 0 Å². The molecule has 0 aliphatic carbocycles. The van der Waals surface area contributed by atoms with E-state index in [9.17, 15) is 4.79 Å². The lowest BCUT2D eigenvalue weighted by molar-refractivity contribution is 0.505. The van der Waals surface area contributed by atoms with Gasteiger partial charge >= 0.3 is 0 Å². The highest BCUT2D eigenvalue weighted by atomic mass is 32.1. The molecule has 98 valence electrons. The van der Waals surface area contributed by atoms with Crippen LogP contribution in [0.3, 0.4) is 0 Å². The van der Waals surface area contributed by atoms with E-state index in [1.54, 1.807) is 4.57 Å². The highest BCUT2D eigenvalue weighted by Crippen LogP contribution is 2.30. The number of fused-ring (bicyclic) bond motifs is 3. The fourth-order valence-electron chi connectivity index (χ4n) is 2.27. The van der Waals surface area contributed by atoms with Crippen molar-refractivity contribution in [1.82, 2.24) is 9.55 Å². The Bertz CT molecular complexity index is 872. The standard InChI is InChI=1S/C14H14N2OS2/c1-3-8(2)16-13(17)12-11(15-14(16)18)9-6-4-5-7-10(9)19-12/h4-8H,3H2,1-2H3,(H,15,18). The molecule has 2 heterocycles. The minimum Gasteiger partial charge on any atom is -0.330 e. The van der Waals surface area contributed by atoms with Crippen molar-refractivity contribution in [2.75, 3.05) is 0 Å². The molecule has 0 aliphatic heterocycles. The zero-order chi connectivity index (χ0) is 13.6. The molecule has 0 fully saturated rings. The molecule has 0 saturated carbocycles. The van der Waals surface area contributed by atoms with Crippen molar-refractivity contribution >= 4 is 43.9 Å². The molecule has 1 N–H and O–H groups in total. The molecule has 19 heavy (non-hydrogen) atoms. The molecule has 0 radical (unpaired) electrons. The van der Waals surface area contributed by atoms with Crippen molar-refractivity contribution in [2.24, 2.45) is 0 Å². The lowest BCUT2D eigenvalue weighted by Gasteiger charge is -2.12. The summed E-state index contributed by atoms with van der Waals surface area (Å²) in [6.45, 7) is 4.07. The third-order valence-corrected chi connectivity index (χ3v) is 4.95. The Morgan fingerprint density at radius 1 is 1.42 bits per heavy atom. The minimum absolute atomic E-state index is 0.0225. The van der Waals surface area contributed by atoms with Gasteiger partial charge in [0, 0.05) is 16.1 Å². The number of hydrogen-bond donors (Lipinski definition) is 1. The van der Waals surface area contributed by atoms with Crippen molar-refractivity contribution in [3.8, 4) is 0 Å². The van der Waals surface area contributed by atoms with Crippen molar-refractivity contribution in [3.63, 3.8) is 0 Å². The first-order chi connectivity index (χ1) is 9.13. The molecule has 3 aromatic rings. The number of nitrogens with zero attached hydrogens (tertiary/aromatic N) is 1. The maximum absolute atomic E-state index is 12.6. The summed E-state index contributed by atoms with van der Waals surface area (Å²) in [5.74, 6) is 0. The average molecular weight is 290 g/mol. The van der Waals surface area contributed by atoms with Gasteiger partial charge in [-0.3, -0.25) is 9.36 Å². The van der Waals surface area contributed by atoms with Gasteiger partial charge in [-0.1, -0.05) is 25.1 Å². The minimum atomic E-state index is 0.0225. The van der Waals surface area contributed by atoms with E-state index in [-0.39, 0.29) is 11.6 Å². The van der Waals surface area contributed by atoms with Crippen LogP contribution < -0.4 is 5.56 Å². The summed E-state index contributed by atoms with van der Waals surface area (Å²) in [4.78, 5) is 15.8. The molecule has 1 aromatic carbocycles. The van der Waals surface area contributed by atoms with Gasteiger partial charge in [0.25, 0.3) is 5.56 Å². The normalized spacial score (nSPS) is 13.2. The van der Waals surface area contributed by atoms with Gasteiger partial charge in [0.2, 0.25) is 0 Å². The largest absolute Gasteiger partial charge is 0.330 e. The van der Waals surface area contributed by atoms with Crippen LogP contribution in [0, 0.1) is 4.77 Å². The van der Waals surface area contributed by atoms with Gasteiger partial charge in [0.1, 0.15) is 4.70 Å². The molecule has 0 bridgehead atoms. The molecule has 3 nitrogen and oxygen atoms in total. The van der Waals surface area contributed by atoms with Gasteiger partial charge in [-0.2, -0.15) is 0 Å². The van der Waals surface area contributed by atoms with E-state index in [0.717, 1.165) is 26.7 Å². The van der Waals surface area contributed by atoms with Crippen molar-refractivity contribution in [1.29, 1.82) is 0 Å². The highest BCUT2D eigenvalue weighted by Gasteiger charge is 2.14. The maximum Gasteiger partial charge on any atom is 0.272 e. The Morgan fingerprint density at radius 3 is 2.89 bits per heavy atom. The van der Waals surface area contributed by atoms with E-state index in [1.165, 1.54) is 11.3 Å². The molecular weight excluding hydrogens is 276 g/mol. The fraction of sp³-hybridized carbons (Fsp3) is 0.286. The second-order valence-electron chi connectivity index (χ2n) is 4.66. The van der Waals surface area contributed by atoms with Gasteiger partial charge in [-0.05, 0) is 31.6 Å². The number of hydrogen-bond acceptors (Lipinski definition) is 3. The molecule has 0 amide bonds. The summed E-state index contributed by atoms with van der Waals surface area (Å²) in [5, 5.41) is 1.07. The summed E-state index contributed by atoms with van der Waals surface area (Å²) in [5.41, 5.74) is 0.893. The van der Waals surface area contributed by atoms with E-state index >= 15 is 0 Å². The van der Waals surface area contributed by atoms with E-state index in [1.807, 2.05) is 31.2 Å². The summed E-state index contributed by atoms with van der Waals surface area (Å²) in [6.07, 6.45) is 0.883. The second-order valence-corrected chi connectivity index (χ2v) is 6.10. The predicted molar refractivity (Wildman–Crippen MR) is 83.8 cm³/mol. The lowest BCUT2D eigenvalue weighted by Crippen LogP contribution is -2.24. The lowest BCUT2D eigenvalue weighted by atomic mass is 10.2. The maximum atomic E-state index is 12.6. The first-order valence-corrected chi connectivity index (χ1v) is 7.52. The van der Waals surface area contributed by atoms with Gasteiger partial charge in [0.15, 0.2) is 4.77 Å². The summed E-state index contributed by atoms with van der Waals surface area (Å²) < 4.78 is 4.07. The molecule has 0 saturated heterocycles. The molecule has 2 aromatic heterocycles. The number of rotatable bonds is 2. The fourth-order valence-corrected chi connectivity index (χ4v) is 3.73. The number of H-pyrrole nitrogens is 1. The second kappa shape index (κ2) is 4.58. The van der Waals surface area contributed by atoms with E-state index in [0.29, 0.717) is 4.77 Å². The average Bonchev–Trinajstić information content (AvgIpc) is 2.78. The summed E-state index contributed by atoms with van der Waals surface area (Å²) in [7, 11) is 0. The van der Waals surface area contributed by atoms with Crippen LogP contribution in [-0.2, 0) is 0 Å². The number of aromatic amines is 1. The van der Waals surface area contributed by atoms with Crippen LogP contribution >= 0.6 is 23.6 Å². The number of aromatic nitrogens is 2. The van der Waals surface area contributed by atoms with Crippen molar-refractivity contribution < 1.29 is 0 Å². The predicted octanol–water partition coefficient (Wildman–Crippen LogP) is 4.24. The van der Waals surface area contributed by atoms with Gasteiger partial charge in [-0.15, -0.1) is 11.3 Å². The zero-order valence-corrected chi connectivity index (χ0v) is 12.4. The Morgan fingerprint density at radius 2 is 2.16 bits per heavy atom. The van der Waals surface area contributed by atoms with Gasteiger partial charge in [0.05, 0.1) is 5.52 Å². The number of nitrogens with one attached hydrogen (secondary N) is 1. The van der Waals surface area contributed by atoms with Crippen molar-refractivity contribution in [2.45, 2.75) is 26.3 Å². The summed E-state index contributed by atoms with van der Waals surface area (Å²) in [6, 6.07) is 8.13. The Labute approximate surface area is 119 Å². The van der Waals surface area contributed by atoms with E-state index < -0.39 is 0 Å². The number of benzene rings is 1. The number of thiophene rings is 1. The molecule has 1 atom stereocenters. The van der Waals surface area contributed by atoms with E-state index in [4.69, 9.17) is 12.2 Å². The molecule has 0 spiro atoms. The highest BCUT2D eigenvalue weighted by molar-refractivity contribution is 7.71. The van der Waals surface area contributed by atoms with Crippen LogP contribution in [0.5, 0.6) is 0 Å². The van der Waals surface area contributed by atoms with Crippen LogP contribution in [-0.4, -0.2) is 9.55 Å². The van der Waals surface area contributed by atoms with Crippen LogP contribution in [0.1, 0.15) is 26.3 Å². The molecule has 0 aliphatic rings. The zero-order valence-electron chi connectivity index (χ0n) is 10.8. The Kier molecular flexibility index (Phi) is 3.03. The van der Waals surface area contributed by atoms with Crippen LogP contribution in [0.15, 0.2) is 29.1 Å². The van der Waals surface area contributed by atoms with Gasteiger partial charge in [-0.25, -0.2) is 0 Å². The topological polar surface area (TPSA) is 37.8 Å².